The SMILES string of the molecule is CCOC(=O)N1Cc2c([nH]c3ccc(Br)cc23)C(O)C1.COc1ccc(C2NC(C(=O)N3CCOCC3)Cc3c2[nH]c2ccc(Br)cc32)cc1.COc1ccc(C2NC(C(=O)Nc3ncc(C)s3)Cc3c2[nH]c2ccc(Br)cc32)cc1.Clc1ccc2[nH]c3c(c2c1)CNCC3c1ccccc1. The van der Waals surface area contributed by atoms with E-state index in [0.29, 0.717) is 63.3 Å². The summed E-state index contributed by atoms with van der Waals surface area (Å²) in [6, 6.07) is 50.2. The van der Waals surface area contributed by atoms with Crippen LogP contribution in [0.4, 0.5) is 9.93 Å². The fraction of sp³-hybridized carbons (Fsp3) is 0.273. The molecule has 5 aliphatic rings. The van der Waals surface area contributed by atoms with Crippen LogP contribution in [0.15, 0.2) is 171 Å². The number of hydrogen-bond acceptors (Lipinski definition) is 13. The predicted octanol–water partition coefficient (Wildman–Crippen LogP) is 15.3. The van der Waals surface area contributed by atoms with Gasteiger partial charge in [-0.3, -0.25) is 20.2 Å². The number of nitrogens with one attached hydrogen (secondary N) is 8. The van der Waals surface area contributed by atoms with E-state index in [4.69, 9.17) is 30.5 Å². The van der Waals surface area contributed by atoms with Crippen LogP contribution in [0.3, 0.4) is 0 Å². The Labute approximate surface area is 617 Å². The molecule has 19 nitrogen and oxygen atoms in total. The number of fused-ring (bicyclic) bond motifs is 12. The van der Waals surface area contributed by atoms with Crippen LogP contribution in [0.2, 0.25) is 5.02 Å². The van der Waals surface area contributed by atoms with Gasteiger partial charge in [-0.05, 0) is 157 Å². The Morgan fingerprint density at radius 3 is 1.71 bits per heavy atom. The fourth-order valence-corrected chi connectivity index (χ4v) is 16.2. The highest BCUT2D eigenvalue weighted by Gasteiger charge is 2.38. The molecule has 6 atom stereocenters. The van der Waals surface area contributed by atoms with E-state index < -0.39 is 6.10 Å². The van der Waals surface area contributed by atoms with Crippen molar-refractivity contribution in [1.82, 2.24) is 50.7 Å². The number of carbonyl (C=O) groups is 3. The highest BCUT2D eigenvalue weighted by molar-refractivity contribution is 9.11. The zero-order chi connectivity index (χ0) is 70.0. The Balaban J connectivity index is 0.000000117. The summed E-state index contributed by atoms with van der Waals surface area (Å²) in [5, 5.41) is 29.9. The number of thiazole rings is 1. The standard InChI is InChI=1S/C23H21BrN4O2S.C23H24BrN3O3.C17H15ClN2.C14H15BrN2O3/c1-12-11-25-23(31-12)28-22(29)19-10-17-16-9-14(24)5-8-18(16)26-21(17)20(27-19)13-3-6-15(30-2)7-4-13;1-29-16-5-2-14(3-6-16)21-22-18(17-12-15(24)4-7-19(17)25-22)13-20(26-21)23(28)27-8-10-30-11-9-27;18-12-6-7-16-13(8-12)15-10-19-9-14(17(15)20-16)11-4-2-1-3-5-11;1-2-20-14(19)17-6-10-9-5-8(15)3-4-11(9)16-13(10)12(18)7-17/h3-9,11,19-20,26-27H,10H2,1-2H3,(H,25,28,29);2-7,12,20-21,25-26H,8-11,13H2,1H3;1-8,14,19-20H,9-10H2;3-5,12,16,18H,2,6-7H2,1H3. The van der Waals surface area contributed by atoms with E-state index in [1.54, 1.807) is 27.3 Å². The number of aliphatic hydroxyl groups excluding tert-OH is 1. The number of anilines is 1. The zero-order valence-electron chi connectivity index (χ0n) is 55.8. The van der Waals surface area contributed by atoms with Crippen LogP contribution in [0.1, 0.15) is 97.6 Å². The van der Waals surface area contributed by atoms with Gasteiger partial charge in [-0.1, -0.05) is 114 Å². The number of nitrogens with zero attached hydrogens (tertiary/aromatic N) is 3. The molecule has 0 aliphatic carbocycles. The number of rotatable bonds is 9. The lowest BCUT2D eigenvalue weighted by Crippen LogP contribution is -2.53. The van der Waals surface area contributed by atoms with Crippen LogP contribution >= 0.6 is 70.7 Å². The maximum Gasteiger partial charge on any atom is 0.410 e. The average Bonchev–Trinajstić information content (AvgIpc) is 1.74. The molecule has 10 heterocycles. The maximum absolute atomic E-state index is 13.3. The summed E-state index contributed by atoms with van der Waals surface area (Å²) in [7, 11) is 3.32. The van der Waals surface area contributed by atoms with Crippen LogP contribution in [-0.4, -0.2) is 130 Å². The second-order valence-corrected chi connectivity index (χ2v) is 29.9. The van der Waals surface area contributed by atoms with Gasteiger partial charge >= 0.3 is 6.09 Å². The van der Waals surface area contributed by atoms with Crippen molar-refractivity contribution in [3.63, 3.8) is 0 Å². The molecular weight excluding hydrogens is 1510 g/mol. The highest BCUT2D eigenvalue weighted by Crippen LogP contribution is 2.41. The van der Waals surface area contributed by atoms with E-state index in [-0.39, 0.29) is 48.6 Å². The van der Waals surface area contributed by atoms with Crippen molar-refractivity contribution in [3.8, 4) is 11.5 Å². The molecular formula is C77H75Br3ClN11O8S. The van der Waals surface area contributed by atoms with Crippen molar-refractivity contribution in [2.75, 3.05) is 65.5 Å². The summed E-state index contributed by atoms with van der Waals surface area (Å²) < 4.78 is 24.1. The van der Waals surface area contributed by atoms with E-state index in [0.717, 1.165) is 115 Å². The number of carbonyl (C=O) groups excluding carboxylic acids is 3. The van der Waals surface area contributed by atoms with E-state index in [1.165, 1.54) is 54.9 Å². The molecule has 0 radical (unpaired) electrons. The number of β-amino-alcohol motifs (C(OH)–C–C–N with tert-alkyl or cyclic N) is 1. The lowest BCUT2D eigenvalue weighted by molar-refractivity contribution is -0.137. The van der Waals surface area contributed by atoms with Gasteiger partial charge < -0.3 is 64.4 Å². The molecule has 6 unspecified atom stereocenters. The molecule has 24 heteroatoms. The zero-order valence-corrected chi connectivity index (χ0v) is 62.2. The molecule has 12 aromatic rings. The summed E-state index contributed by atoms with van der Waals surface area (Å²) in [4.78, 5) is 61.1. The van der Waals surface area contributed by atoms with Gasteiger partial charge in [-0.25, -0.2) is 9.78 Å². The monoisotopic (exact) mass is 1590 g/mol. The number of amides is 3. The number of aliphatic hydroxyl groups is 1. The molecule has 0 saturated carbocycles. The largest absolute Gasteiger partial charge is 0.497 e. The first-order chi connectivity index (χ1) is 49.1. The van der Waals surface area contributed by atoms with Gasteiger partial charge in [-0.15, -0.1) is 11.3 Å². The van der Waals surface area contributed by atoms with E-state index in [9.17, 15) is 19.5 Å². The third-order valence-electron chi connectivity index (χ3n) is 19.2. The minimum atomic E-state index is -0.714. The quantitative estimate of drug-likeness (QED) is 0.0656. The molecule has 5 aliphatic heterocycles. The van der Waals surface area contributed by atoms with Gasteiger partial charge in [0.05, 0.1) is 77.0 Å². The minimum Gasteiger partial charge on any atom is -0.497 e. The van der Waals surface area contributed by atoms with Crippen molar-refractivity contribution in [3.05, 3.63) is 243 Å². The van der Waals surface area contributed by atoms with Gasteiger partial charge in [-0.2, -0.15) is 0 Å². The normalized spacial score (nSPS) is 19.1. The van der Waals surface area contributed by atoms with Crippen molar-refractivity contribution >= 4 is 137 Å². The lowest BCUT2D eigenvalue weighted by Gasteiger charge is -2.35. The minimum absolute atomic E-state index is 0.0807. The van der Waals surface area contributed by atoms with Gasteiger partial charge in [0.15, 0.2) is 5.13 Å². The number of benzene rings is 7. The van der Waals surface area contributed by atoms with Crippen molar-refractivity contribution in [1.29, 1.82) is 0 Å². The number of aromatic amines is 4. The molecule has 0 spiro atoms. The van der Waals surface area contributed by atoms with Crippen LogP contribution in [-0.2, 0) is 45.0 Å². The number of aromatic nitrogens is 5. The van der Waals surface area contributed by atoms with E-state index in [2.05, 4.69) is 173 Å². The Morgan fingerprint density at radius 1 is 0.634 bits per heavy atom. The molecule has 1 saturated heterocycles. The lowest BCUT2D eigenvalue weighted by atomic mass is 9.89. The number of methoxy groups -OCH3 is 2. The summed E-state index contributed by atoms with van der Waals surface area (Å²) in [5.74, 6) is 2.06. The number of halogens is 4. The second kappa shape index (κ2) is 30.7. The van der Waals surface area contributed by atoms with Crippen LogP contribution in [0, 0.1) is 6.92 Å². The third kappa shape index (κ3) is 15.0. The molecule has 7 aromatic carbocycles. The topological polar surface area (TPSA) is 239 Å². The Hall–Kier alpha value is -8.33. The van der Waals surface area contributed by atoms with Crippen LogP contribution in [0.25, 0.3) is 43.6 Å². The van der Waals surface area contributed by atoms with Crippen molar-refractivity contribution in [2.45, 2.75) is 76.0 Å². The first-order valence-electron chi connectivity index (χ1n) is 33.5. The molecule has 17 rings (SSSR count). The molecule has 5 aromatic heterocycles. The first-order valence-corrected chi connectivity index (χ1v) is 37.1. The second-order valence-electron chi connectivity index (χ2n) is 25.5. The summed E-state index contributed by atoms with van der Waals surface area (Å²) >= 11 is 18.2. The third-order valence-corrected chi connectivity index (χ3v) is 21.8. The number of H-pyrrole nitrogens is 4. The number of ether oxygens (including phenoxy) is 4. The summed E-state index contributed by atoms with van der Waals surface area (Å²) in [6.07, 6.45) is 1.92. The molecule has 101 heavy (non-hydrogen) atoms. The summed E-state index contributed by atoms with van der Waals surface area (Å²) in [5.41, 5.74) is 16.8. The Kier molecular flexibility index (Phi) is 21.2. The smallest absolute Gasteiger partial charge is 0.410 e. The van der Waals surface area contributed by atoms with Gasteiger partial charge in [0.25, 0.3) is 0 Å². The van der Waals surface area contributed by atoms with E-state index in [1.807, 2.05) is 84.6 Å². The molecule has 0 bridgehead atoms. The molecule has 1 fully saturated rings. The number of aryl methyl sites for hydroxylation is 1. The molecule has 520 valence electrons. The molecule has 3 amide bonds. The number of morpholine rings is 1. The predicted molar refractivity (Wildman–Crippen MR) is 407 cm³/mol. The van der Waals surface area contributed by atoms with Gasteiger partial charge in [0.1, 0.15) is 17.6 Å². The van der Waals surface area contributed by atoms with Crippen LogP contribution < -0.4 is 30.7 Å². The van der Waals surface area contributed by atoms with Gasteiger partial charge in [0.2, 0.25) is 11.8 Å². The number of hydrogen-bond donors (Lipinski definition) is 9. The highest BCUT2D eigenvalue weighted by atomic mass is 79.9. The van der Waals surface area contributed by atoms with Crippen LogP contribution in [0.5, 0.6) is 11.5 Å². The maximum atomic E-state index is 13.3. The Bertz CT molecular complexity index is 5000. The average molecular weight is 1590 g/mol. The van der Waals surface area contributed by atoms with Crippen molar-refractivity contribution in [2.24, 2.45) is 0 Å². The van der Waals surface area contributed by atoms with Gasteiger partial charge in [0, 0.05) is 128 Å². The first kappa shape index (κ1) is 69.7. The molecule has 9 N–H and O–H groups in total. The fourth-order valence-electron chi connectivity index (χ4n) is 14.3. The summed E-state index contributed by atoms with van der Waals surface area (Å²) in [6.45, 7) is 9.15. The Morgan fingerprint density at radius 2 is 1.16 bits per heavy atom. The van der Waals surface area contributed by atoms with E-state index >= 15 is 0 Å². The van der Waals surface area contributed by atoms with Crippen molar-refractivity contribution < 1.29 is 38.4 Å².